The second-order valence-electron chi connectivity index (χ2n) is 8.51. The number of aromatic nitrogens is 1. The maximum atomic E-state index is 5.68. The molecule has 1 aliphatic carbocycles. The molecule has 1 unspecified atom stereocenters. The molecule has 1 aromatic heterocycles. The lowest BCUT2D eigenvalue weighted by atomic mass is 9.94. The van der Waals surface area contributed by atoms with Crippen LogP contribution in [-0.2, 0) is 0 Å². The van der Waals surface area contributed by atoms with E-state index in [9.17, 15) is 0 Å². The molecule has 2 heterocycles. The van der Waals surface area contributed by atoms with Gasteiger partial charge in [-0.3, -0.25) is 0 Å². The van der Waals surface area contributed by atoms with E-state index in [1.165, 1.54) is 30.4 Å². The molecule has 0 spiro atoms. The molecule has 2 aliphatic rings. The molecular weight excluding hydrogens is 404 g/mol. The molecule has 0 amide bonds. The molecule has 6 heteroatoms. The van der Waals surface area contributed by atoms with Gasteiger partial charge < -0.3 is 23.8 Å². The van der Waals surface area contributed by atoms with E-state index < -0.39 is 0 Å². The van der Waals surface area contributed by atoms with Gasteiger partial charge in [-0.15, -0.1) is 0 Å². The van der Waals surface area contributed by atoms with Crippen LogP contribution in [0.2, 0.25) is 0 Å². The molecule has 0 bridgehead atoms. The van der Waals surface area contributed by atoms with Crippen molar-refractivity contribution < 1.29 is 18.9 Å². The Morgan fingerprint density at radius 3 is 1.94 bits per heavy atom. The predicted molar refractivity (Wildman–Crippen MR) is 127 cm³/mol. The first-order chi connectivity index (χ1) is 15.6. The summed E-state index contributed by atoms with van der Waals surface area (Å²) in [5, 5.41) is 2.27. The van der Waals surface area contributed by atoms with Crippen LogP contribution in [0.4, 0.5) is 5.82 Å². The van der Waals surface area contributed by atoms with Gasteiger partial charge in [-0.1, -0.05) is 6.92 Å². The number of pyridine rings is 1. The van der Waals surface area contributed by atoms with Crippen LogP contribution in [0.1, 0.15) is 43.2 Å². The lowest BCUT2D eigenvalue weighted by molar-refractivity contribution is 0.354. The van der Waals surface area contributed by atoms with Crippen molar-refractivity contribution in [3.63, 3.8) is 0 Å². The maximum Gasteiger partial charge on any atom is 0.161 e. The third-order valence-electron chi connectivity index (χ3n) is 6.89. The highest BCUT2D eigenvalue weighted by Gasteiger charge is 2.33. The van der Waals surface area contributed by atoms with Crippen LogP contribution in [0.25, 0.3) is 22.0 Å². The summed E-state index contributed by atoms with van der Waals surface area (Å²) in [4.78, 5) is 7.71. The lowest BCUT2D eigenvalue weighted by Gasteiger charge is -2.30. The van der Waals surface area contributed by atoms with E-state index in [0.29, 0.717) is 0 Å². The van der Waals surface area contributed by atoms with Gasteiger partial charge in [0.2, 0.25) is 0 Å². The fourth-order valence-corrected chi connectivity index (χ4v) is 5.24. The van der Waals surface area contributed by atoms with Crippen molar-refractivity contribution in [3.05, 3.63) is 35.4 Å². The zero-order valence-electron chi connectivity index (χ0n) is 19.4. The van der Waals surface area contributed by atoms with E-state index >= 15 is 0 Å². The zero-order chi connectivity index (χ0) is 22.4. The normalized spacial score (nSPS) is 17.2. The lowest BCUT2D eigenvalue weighted by Crippen LogP contribution is -2.30. The Balaban J connectivity index is 1.83. The second kappa shape index (κ2) is 8.08. The van der Waals surface area contributed by atoms with E-state index in [2.05, 4.69) is 36.1 Å². The number of ether oxygens (including phenoxy) is 4. The molecule has 0 radical (unpaired) electrons. The Labute approximate surface area is 189 Å². The minimum atomic E-state index is 0.170. The summed E-state index contributed by atoms with van der Waals surface area (Å²) in [5.74, 6) is 4.12. The SMILES string of the molecule is COc1cc2c(cc1OC)C(C)c1c-2nc(N2CCCCC2)c2cc(OC)c(OC)cc12. The van der Waals surface area contributed by atoms with Crippen molar-refractivity contribution in [2.75, 3.05) is 46.4 Å². The quantitative estimate of drug-likeness (QED) is 0.537. The van der Waals surface area contributed by atoms with Crippen LogP contribution < -0.4 is 23.8 Å². The fourth-order valence-electron chi connectivity index (χ4n) is 5.24. The van der Waals surface area contributed by atoms with E-state index in [1.807, 2.05) is 0 Å². The van der Waals surface area contributed by atoms with Gasteiger partial charge in [0.15, 0.2) is 23.0 Å². The molecule has 0 N–H and O–H groups in total. The summed E-state index contributed by atoms with van der Waals surface area (Å²) in [6, 6.07) is 8.35. The smallest absolute Gasteiger partial charge is 0.161 e. The van der Waals surface area contributed by atoms with Gasteiger partial charge in [-0.05, 0) is 60.0 Å². The predicted octanol–water partition coefficient (Wildman–Crippen LogP) is 5.39. The van der Waals surface area contributed by atoms with Gasteiger partial charge in [-0.2, -0.15) is 0 Å². The topological polar surface area (TPSA) is 53.1 Å². The number of fused-ring (bicyclic) bond motifs is 5. The van der Waals surface area contributed by atoms with E-state index in [0.717, 1.165) is 63.9 Å². The van der Waals surface area contributed by atoms with Crippen molar-refractivity contribution in [2.45, 2.75) is 32.1 Å². The zero-order valence-corrected chi connectivity index (χ0v) is 19.4. The Morgan fingerprint density at radius 2 is 1.31 bits per heavy atom. The van der Waals surface area contributed by atoms with Crippen LogP contribution in [0.5, 0.6) is 23.0 Å². The molecule has 1 fully saturated rings. The maximum absolute atomic E-state index is 5.68. The number of hydrogen-bond acceptors (Lipinski definition) is 6. The monoisotopic (exact) mass is 434 g/mol. The van der Waals surface area contributed by atoms with Crippen LogP contribution in [-0.4, -0.2) is 46.5 Å². The summed E-state index contributed by atoms with van der Waals surface area (Å²) in [6.45, 7) is 4.27. The third-order valence-corrected chi connectivity index (χ3v) is 6.89. The Kier molecular flexibility index (Phi) is 5.24. The van der Waals surface area contributed by atoms with Crippen LogP contribution in [0, 0.1) is 0 Å². The molecule has 1 aliphatic heterocycles. The molecule has 3 aromatic rings. The van der Waals surface area contributed by atoms with Gasteiger partial charge in [0.05, 0.1) is 34.1 Å². The van der Waals surface area contributed by atoms with Gasteiger partial charge in [0.1, 0.15) is 5.82 Å². The van der Waals surface area contributed by atoms with Gasteiger partial charge >= 0.3 is 0 Å². The molecule has 1 atom stereocenters. The highest BCUT2D eigenvalue weighted by atomic mass is 16.5. The van der Waals surface area contributed by atoms with Crippen LogP contribution >= 0.6 is 0 Å². The van der Waals surface area contributed by atoms with E-state index in [4.69, 9.17) is 23.9 Å². The van der Waals surface area contributed by atoms with E-state index in [1.54, 1.807) is 28.4 Å². The molecule has 168 valence electrons. The summed E-state index contributed by atoms with van der Waals surface area (Å²) >= 11 is 0. The van der Waals surface area contributed by atoms with Gasteiger partial charge in [0.25, 0.3) is 0 Å². The summed E-state index contributed by atoms with van der Waals surface area (Å²) < 4.78 is 22.5. The first kappa shape index (κ1) is 20.7. The number of methoxy groups -OCH3 is 4. The highest BCUT2D eigenvalue weighted by Crippen LogP contribution is 2.52. The number of anilines is 1. The first-order valence-corrected chi connectivity index (χ1v) is 11.2. The molecule has 6 nitrogen and oxygen atoms in total. The molecule has 0 saturated carbocycles. The molecular formula is C26H30N2O4. The minimum Gasteiger partial charge on any atom is -0.493 e. The van der Waals surface area contributed by atoms with Gasteiger partial charge in [0, 0.05) is 30.0 Å². The summed E-state index contributed by atoms with van der Waals surface area (Å²) in [7, 11) is 6.72. The second-order valence-corrected chi connectivity index (χ2v) is 8.51. The molecule has 32 heavy (non-hydrogen) atoms. The van der Waals surface area contributed by atoms with Crippen molar-refractivity contribution in [2.24, 2.45) is 0 Å². The average Bonchev–Trinajstić information content (AvgIpc) is 3.12. The van der Waals surface area contributed by atoms with Crippen molar-refractivity contribution in [1.82, 2.24) is 4.98 Å². The molecule has 1 saturated heterocycles. The number of piperidine rings is 1. The van der Waals surface area contributed by atoms with Gasteiger partial charge in [-0.25, -0.2) is 4.98 Å². The Bertz CT molecular complexity index is 1180. The third kappa shape index (κ3) is 3.04. The molecule has 2 aromatic carbocycles. The number of hydrogen-bond donors (Lipinski definition) is 0. The molecule has 5 rings (SSSR count). The Morgan fingerprint density at radius 1 is 0.750 bits per heavy atom. The first-order valence-electron chi connectivity index (χ1n) is 11.2. The van der Waals surface area contributed by atoms with Crippen molar-refractivity contribution in [1.29, 1.82) is 0 Å². The van der Waals surface area contributed by atoms with Crippen LogP contribution in [0.3, 0.4) is 0 Å². The van der Waals surface area contributed by atoms with E-state index in [-0.39, 0.29) is 5.92 Å². The fraction of sp³-hybridized carbons (Fsp3) is 0.423. The minimum absolute atomic E-state index is 0.170. The number of nitrogens with zero attached hydrogens (tertiary/aromatic N) is 2. The standard InChI is InChI=1S/C26H30N2O4/c1-15-16-11-20(29-2)22(31-4)13-18(16)25-24(15)17-12-21(30-3)23(32-5)14-19(17)26(27-25)28-9-7-6-8-10-28/h11-15H,6-10H2,1-5H3. The van der Waals surface area contributed by atoms with Crippen molar-refractivity contribution >= 4 is 16.6 Å². The number of rotatable bonds is 5. The average molecular weight is 435 g/mol. The summed E-state index contributed by atoms with van der Waals surface area (Å²) in [5.41, 5.74) is 4.55. The largest absolute Gasteiger partial charge is 0.493 e. The van der Waals surface area contributed by atoms with Crippen molar-refractivity contribution in [3.8, 4) is 34.3 Å². The highest BCUT2D eigenvalue weighted by molar-refractivity contribution is 6.02. The Hall–Kier alpha value is -3.15. The van der Waals surface area contributed by atoms with Crippen LogP contribution in [0.15, 0.2) is 24.3 Å². The summed E-state index contributed by atoms with van der Waals surface area (Å²) in [6.07, 6.45) is 3.64. The number of benzene rings is 2.